The van der Waals surface area contributed by atoms with Crippen LogP contribution in [0.15, 0.2) is 42.5 Å². The number of rotatable bonds is 5. The molecule has 0 unspecified atom stereocenters. The molecule has 142 valence electrons. The summed E-state index contributed by atoms with van der Waals surface area (Å²) in [5, 5.41) is 0. The Hall–Kier alpha value is -2.44. The van der Waals surface area contributed by atoms with Crippen molar-refractivity contribution in [1.29, 1.82) is 0 Å². The topological polar surface area (TPSA) is 67.5 Å². The van der Waals surface area contributed by atoms with Crippen LogP contribution in [0.1, 0.15) is 23.6 Å². The van der Waals surface area contributed by atoms with E-state index in [1.807, 2.05) is 6.07 Å². The monoisotopic (exact) mass is 365 g/mol. The third-order valence-electron chi connectivity index (χ3n) is 5.27. The molecule has 2 aliphatic rings. The largest absolute Gasteiger partial charge is 0.381 e. The van der Waals surface area contributed by atoms with Gasteiger partial charge >= 0.3 is 0 Å². The summed E-state index contributed by atoms with van der Waals surface area (Å²) >= 11 is 0. The number of hydrogen-bond acceptors (Lipinski definition) is 6. The lowest BCUT2D eigenvalue weighted by Crippen LogP contribution is -2.46. The van der Waals surface area contributed by atoms with Crippen LogP contribution < -0.4 is 10.6 Å². The Labute approximate surface area is 160 Å². The molecular weight excluding hydrogens is 338 g/mol. The number of anilines is 2. The van der Waals surface area contributed by atoms with E-state index in [0.717, 1.165) is 63.9 Å². The van der Waals surface area contributed by atoms with Crippen LogP contribution in [0.3, 0.4) is 0 Å². The van der Waals surface area contributed by atoms with E-state index < -0.39 is 0 Å². The van der Waals surface area contributed by atoms with Gasteiger partial charge in [-0.15, -0.1) is 0 Å². The van der Waals surface area contributed by atoms with E-state index in [9.17, 15) is 0 Å². The van der Waals surface area contributed by atoms with Gasteiger partial charge in [0.15, 0.2) is 0 Å². The molecule has 3 heterocycles. The summed E-state index contributed by atoms with van der Waals surface area (Å²) in [6.07, 6.45) is 5.44. The van der Waals surface area contributed by atoms with Gasteiger partial charge in [0, 0.05) is 51.3 Å². The molecule has 0 amide bonds. The predicted molar refractivity (Wildman–Crippen MR) is 109 cm³/mol. The third-order valence-corrected chi connectivity index (χ3v) is 5.27. The van der Waals surface area contributed by atoms with Crippen LogP contribution in [-0.4, -0.2) is 60.8 Å². The van der Waals surface area contributed by atoms with Gasteiger partial charge in [0.05, 0.1) is 12.3 Å². The minimum atomic E-state index is 0.346. The summed E-state index contributed by atoms with van der Waals surface area (Å²) in [4.78, 5) is 13.7. The highest BCUT2D eigenvalue weighted by Gasteiger charge is 2.23. The number of benzene rings is 1. The van der Waals surface area contributed by atoms with Crippen LogP contribution >= 0.6 is 0 Å². The molecule has 0 aliphatic carbocycles. The van der Waals surface area contributed by atoms with Crippen molar-refractivity contribution in [3.05, 3.63) is 53.7 Å². The van der Waals surface area contributed by atoms with Crippen molar-refractivity contribution in [2.45, 2.75) is 12.3 Å². The first-order valence-electron chi connectivity index (χ1n) is 9.69. The summed E-state index contributed by atoms with van der Waals surface area (Å²) < 4.78 is 5.49. The molecule has 2 N–H and O–H groups in total. The maximum absolute atomic E-state index is 5.97. The molecule has 1 aromatic carbocycles. The van der Waals surface area contributed by atoms with Crippen LogP contribution in [-0.2, 0) is 4.74 Å². The normalized spacial score (nSPS) is 21.2. The standard InChI is InChI=1S/C21H27N5O/c22-21-23-19(18-8-14-27-16-18)15-20(24-21)26-12-10-25(11-13-26)9-4-7-17-5-2-1-3-6-17/h1-7,15,18H,8-14,16H2,(H2,22,23,24)/b7-4+/t18-/m0/s1. The van der Waals surface area contributed by atoms with Crippen molar-refractivity contribution in [3.63, 3.8) is 0 Å². The number of ether oxygens (including phenoxy) is 1. The number of nitrogen functional groups attached to an aromatic ring is 1. The van der Waals surface area contributed by atoms with Crippen LogP contribution in [0.25, 0.3) is 6.08 Å². The average molecular weight is 365 g/mol. The number of piperazine rings is 1. The SMILES string of the molecule is Nc1nc([C@H]2CCOC2)cc(N2CCN(C/C=C/c3ccccc3)CC2)n1. The van der Waals surface area contributed by atoms with E-state index in [1.54, 1.807) is 0 Å². The Bertz CT molecular complexity index is 765. The maximum Gasteiger partial charge on any atom is 0.222 e. The fraction of sp³-hybridized carbons (Fsp3) is 0.429. The smallest absolute Gasteiger partial charge is 0.222 e. The first-order chi connectivity index (χ1) is 13.3. The molecule has 6 nitrogen and oxygen atoms in total. The fourth-order valence-electron chi connectivity index (χ4n) is 3.67. The second-order valence-corrected chi connectivity index (χ2v) is 7.17. The van der Waals surface area contributed by atoms with Gasteiger partial charge < -0.3 is 15.4 Å². The lowest BCUT2D eigenvalue weighted by molar-refractivity contribution is 0.193. The van der Waals surface area contributed by atoms with E-state index in [4.69, 9.17) is 10.5 Å². The third kappa shape index (κ3) is 4.64. The molecular formula is C21H27N5O. The number of hydrogen-bond donors (Lipinski definition) is 1. The summed E-state index contributed by atoms with van der Waals surface area (Å²) in [6, 6.07) is 12.5. The Morgan fingerprint density at radius 3 is 2.67 bits per heavy atom. The summed E-state index contributed by atoms with van der Waals surface area (Å²) in [7, 11) is 0. The number of aromatic nitrogens is 2. The van der Waals surface area contributed by atoms with Gasteiger partial charge in [-0.25, -0.2) is 4.98 Å². The van der Waals surface area contributed by atoms with E-state index in [1.165, 1.54) is 5.56 Å². The fourth-order valence-corrected chi connectivity index (χ4v) is 3.67. The first kappa shape index (κ1) is 17.9. The van der Waals surface area contributed by atoms with Gasteiger partial charge in [-0.3, -0.25) is 4.90 Å². The molecule has 0 bridgehead atoms. The van der Waals surface area contributed by atoms with E-state index in [-0.39, 0.29) is 0 Å². The summed E-state index contributed by atoms with van der Waals surface area (Å²) in [5.74, 6) is 1.66. The zero-order chi connectivity index (χ0) is 18.5. The van der Waals surface area contributed by atoms with Gasteiger partial charge in [-0.05, 0) is 12.0 Å². The van der Waals surface area contributed by atoms with Crippen molar-refractivity contribution in [2.75, 3.05) is 56.6 Å². The number of nitrogens with two attached hydrogens (primary N) is 1. The van der Waals surface area contributed by atoms with Crippen LogP contribution in [0.2, 0.25) is 0 Å². The van der Waals surface area contributed by atoms with Crippen LogP contribution in [0, 0.1) is 0 Å². The van der Waals surface area contributed by atoms with Crippen LogP contribution in [0.4, 0.5) is 11.8 Å². The van der Waals surface area contributed by atoms with Crippen LogP contribution in [0.5, 0.6) is 0 Å². The molecule has 1 aromatic heterocycles. The van der Waals surface area contributed by atoms with E-state index in [0.29, 0.717) is 11.9 Å². The highest BCUT2D eigenvalue weighted by Crippen LogP contribution is 2.27. The van der Waals surface area contributed by atoms with Crippen molar-refractivity contribution in [1.82, 2.24) is 14.9 Å². The zero-order valence-electron chi connectivity index (χ0n) is 15.6. The lowest BCUT2D eigenvalue weighted by Gasteiger charge is -2.35. The number of nitrogens with zero attached hydrogens (tertiary/aromatic N) is 4. The molecule has 27 heavy (non-hydrogen) atoms. The van der Waals surface area contributed by atoms with Gasteiger partial charge in [-0.2, -0.15) is 4.98 Å². The van der Waals surface area contributed by atoms with Crippen molar-refractivity contribution < 1.29 is 4.74 Å². The molecule has 0 saturated carbocycles. The van der Waals surface area contributed by atoms with Crippen molar-refractivity contribution in [2.24, 2.45) is 0 Å². The van der Waals surface area contributed by atoms with Gasteiger partial charge in [-0.1, -0.05) is 42.5 Å². The minimum absolute atomic E-state index is 0.346. The Kier molecular flexibility index (Phi) is 5.65. The van der Waals surface area contributed by atoms with Gasteiger partial charge in [0.25, 0.3) is 0 Å². The molecule has 4 rings (SSSR count). The molecule has 2 aliphatic heterocycles. The summed E-state index contributed by atoms with van der Waals surface area (Å²) in [6.45, 7) is 6.46. The van der Waals surface area contributed by atoms with Crippen molar-refractivity contribution >= 4 is 17.8 Å². The highest BCUT2D eigenvalue weighted by molar-refractivity contribution is 5.49. The molecule has 2 aromatic rings. The maximum atomic E-state index is 5.97. The molecule has 1 atom stereocenters. The Morgan fingerprint density at radius 2 is 1.93 bits per heavy atom. The molecule has 0 spiro atoms. The van der Waals surface area contributed by atoms with Crippen molar-refractivity contribution in [3.8, 4) is 0 Å². The predicted octanol–water partition coefficient (Wildman–Crippen LogP) is 2.40. The Balaban J connectivity index is 1.33. The minimum Gasteiger partial charge on any atom is -0.381 e. The second kappa shape index (κ2) is 8.50. The molecule has 2 saturated heterocycles. The quantitative estimate of drug-likeness (QED) is 0.878. The molecule has 6 heteroatoms. The molecule has 2 fully saturated rings. The average Bonchev–Trinajstić information content (AvgIpc) is 3.24. The summed E-state index contributed by atoms with van der Waals surface area (Å²) in [5.41, 5.74) is 8.24. The molecule has 0 radical (unpaired) electrons. The van der Waals surface area contributed by atoms with E-state index in [2.05, 4.69) is 62.3 Å². The highest BCUT2D eigenvalue weighted by atomic mass is 16.5. The van der Waals surface area contributed by atoms with Gasteiger partial charge in [0.2, 0.25) is 5.95 Å². The Morgan fingerprint density at radius 1 is 1.11 bits per heavy atom. The zero-order valence-corrected chi connectivity index (χ0v) is 15.6. The first-order valence-corrected chi connectivity index (χ1v) is 9.69. The second-order valence-electron chi connectivity index (χ2n) is 7.17. The van der Waals surface area contributed by atoms with E-state index >= 15 is 0 Å². The van der Waals surface area contributed by atoms with Gasteiger partial charge in [0.1, 0.15) is 5.82 Å². The lowest BCUT2D eigenvalue weighted by atomic mass is 10.0.